The van der Waals surface area contributed by atoms with Gasteiger partial charge in [-0.05, 0) is 61.3 Å². The number of urea groups is 1. The van der Waals surface area contributed by atoms with E-state index in [4.69, 9.17) is 9.47 Å². The fraction of sp³-hybridized carbons (Fsp3) is 0.500. The first-order valence-electron chi connectivity index (χ1n) is 13.3. The molecule has 1 aliphatic carbocycles. The molecule has 4 heterocycles. The van der Waals surface area contributed by atoms with Gasteiger partial charge in [-0.25, -0.2) is 14.8 Å². The molecule has 204 valence electrons. The highest BCUT2D eigenvalue weighted by atomic mass is 16.5. The second-order valence-electron chi connectivity index (χ2n) is 10.2. The van der Waals surface area contributed by atoms with Gasteiger partial charge in [-0.2, -0.15) is 5.26 Å². The van der Waals surface area contributed by atoms with Crippen molar-refractivity contribution in [2.45, 2.75) is 57.3 Å². The number of carbonyl (C=O) groups is 3. The monoisotopic (exact) mass is 532 g/mol. The molecule has 39 heavy (non-hydrogen) atoms. The van der Waals surface area contributed by atoms with Gasteiger partial charge in [-0.3, -0.25) is 19.8 Å². The number of hydrogen-bond acceptors (Lipinski definition) is 8. The summed E-state index contributed by atoms with van der Waals surface area (Å²) in [4.78, 5) is 49.9. The number of nitrogens with zero attached hydrogens (tertiary/aromatic N) is 5. The maximum absolute atomic E-state index is 13.4. The van der Waals surface area contributed by atoms with Crippen LogP contribution in [0.2, 0.25) is 0 Å². The van der Waals surface area contributed by atoms with Gasteiger partial charge < -0.3 is 14.4 Å². The minimum atomic E-state index is -0.457. The Morgan fingerprint density at radius 2 is 2.05 bits per heavy atom. The van der Waals surface area contributed by atoms with Gasteiger partial charge in [0.15, 0.2) is 6.29 Å². The molecule has 0 radical (unpaired) electrons. The van der Waals surface area contributed by atoms with Crippen LogP contribution in [0.25, 0.3) is 0 Å². The van der Waals surface area contributed by atoms with Crippen LogP contribution < -0.4 is 10.2 Å². The van der Waals surface area contributed by atoms with Gasteiger partial charge in [0.25, 0.3) is 5.91 Å². The number of nitriles is 1. The van der Waals surface area contributed by atoms with Gasteiger partial charge >= 0.3 is 6.03 Å². The molecule has 3 amide bonds. The molecule has 11 heteroatoms. The topological polar surface area (TPSA) is 138 Å². The van der Waals surface area contributed by atoms with Gasteiger partial charge in [-0.1, -0.05) is 0 Å². The summed E-state index contributed by atoms with van der Waals surface area (Å²) in [6, 6.07) is 5.41. The van der Waals surface area contributed by atoms with E-state index in [9.17, 15) is 19.6 Å². The number of likely N-dealkylation sites (tertiary alicyclic amines) is 1. The quantitative estimate of drug-likeness (QED) is 0.512. The number of aldehydes is 1. The highest BCUT2D eigenvalue weighted by molar-refractivity contribution is 6.01. The number of anilines is 2. The van der Waals surface area contributed by atoms with Crippen LogP contribution in [0.4, 0.5) is 16.4 Å². The molecular weight excluding hydrogens is 500 g/mol. The Morgan fingerprint density at radius 1 is 1.21 bits per heavy atom. The Balaban J connectivity index is 1.34. The highest BCUT2D eigenvalue weighted by Crippen LogP contribution is 2.34. The third-order valence-electron chi connectivity index (χ3n) is 8.00. The summed E-state index contributed by atoms with van der Waals surface area (Å²) >= 11 is 0. The molecule has 2 aliphatic heterocycles. The average molecular weight is 533 g/mol. The van der Waals surface area contributed by atoms with E-state index < -0.39 is 12.1 Å². The standard InChI is InChI=1S/C28H32N6O5/c1-38-23-6-5-17(23)10-19-12-25(30-14-21(19)13-29)32-28(37)34-8-3-4-18-11-20(22(16-35)31-26(18)34)15-33-9-7-24(39-2)27(33)36/h11-12,14,16-17,23-24H,3-10,15H2,1-2H3,(H,30,32,37)/t17-,23-,24+/m0/s1. The van der Waals surface area contributed by atoms with Crippen LogP contribution in [-0.4, -0.2) is 72.6 Å². The second kappa shape index (κ2) is 11.5. The fourth-order valence-electron chi connectivity index (χ4n) is 5.65. The molecule has 1 saturated heterocycles. The van der Waals surface area contributed by atoms with Crippen LogP contribution in [0.3, 0.4) is 0 Å². The van der Waals surface area contributed by atoms with E-state index in [1.54, 1.807) is 18.1 Å². The SMILES string of the molecule is CO[C@H]1CC[C@H]1Cc1cc(NC(=O)N2CCCc3cc(CN4CC[C@@H](OC)C4=O)c(C=O)nc32)ncc1C#N. The number of methoxy groups -OCH3 is 2. The number of pyridine rings is 2. The van der Waals surface area contributed by atoms with E-state index >= 15 is 0 Å². The lowest BCUT2D eigenvalue weighted by molar-refractivity contribution is -0.136. The average Bonchev–Trinajstić information content (AvgIpc) is 3.29. The molecule has 0 bridgehead atoms. The van der Waals surface area contributed by atoms with Crippen molar-refractivity contribution in [3.63, 3.8) is 0 Å². The zero-order valence-corrected chi connectivity index (χ0v) is 22.2. The summed E-state index contributed by atoms with van der Waals surface area (Å²) in [5.74, 6) is 1.01. The summed E-state index contributed by atoms with van der Waals surface area (Å²) in [5, 5.41) is 12.4. The third-order valence-corrected chi connectivity index (χ3v) is 8.00. The van der Waals surface area contributed by atoms with Crippen LogP contribution in [0, 0.1) is 17.2 Å². The van der Waals surface area contributed by atoms with E-state index in [1.807, 2.05) is 6.07 Å². The molecule has 2 fully saturated rings. The summed E-state index contributed by atoms with van der Waals surface area (Å²) in [5.41, 5.74) is 3.01. The van der Waals surface area contributed by atoms with Crippen molar-refractivity contribution in [1.29, 1.82) is 5.26 Å². The molecule has 0 unspecified atom stereocenters. The number of aryl methyl sites for hydroxylation is 1. The molecule has 1 N–H and O–H groups in total. The number of ether oxygens (including phenoxy) is 2. The van der Waals surface area contributed by atoms with Crippen LogP contribution in [0.15, 0.2) is 18.3 Å². The highest BCUT2D eigenvalue weighted by Gasteiger charge is 2.34. The Bertz CT molecular complexity index is 1320. The third kappa shape index (κ3) is 5.35. The van der Waals surface area contributed by atoms with Crippen LogP contribution >= 0.6 is 0 Å². The van der Waals surface area contributed by atoms with Crippen molar-refractivity contribution >= 4 is 29.9 Å². The summed E-state index contributed by atoms with van der Waals surface area (Å²) in [6.07, 6.45) is 6.62. The number of rotatable bonds is 8. The van der Waals surface area contributed by atoms with Crippen molar-refractivity contribution in [3.05, 3.63) is 46.3 Å². The fourth-order valence-corrected chi connectivity index (χ4v) is 5.65. The molecule has 5 rings (SSSR count). The van der Waals surface area contributed by atoms with Crippen LogP contribution in [0.5, 0.6) is 0 Å². The molecule has 3 aliphatic rings. The van der Waals surface area contributed by atoms with Gasteiger partial charge in [0.2, 0.25) is 0 Å². The molecule has 2 aromatic heterocycles. The molecule has 0 spiro atoms. The second-order valence-corrected chi connectivity index (χ2v) is 10.2. The Kier molecular flexibility index (Phi) is 7.86. The molecule has 2 aromatic rings. The minimum Gasteiger partial charge on any atom is -0.381 e. The minimum absolute atomic E-state index is 0.0996. The number of hydrogen-bond donors (Lipinski definition) is 1. The van der Waals surface area contributed by atoms with Crippen molar-refractivity contribution < 1.29 is 23.9 Å². The molecule has 1 saturated carbocycles. The van der Waals surface area contributed by atoms with E-state index in [0.717, 1.165) is 30.4 Å². The summed E-state index contributed by atoms with van der Waals surface area (Å²) < 4.78 is 10.7. The van der Waals surface area contributed by atoms with Crippen molar-refractivity contribution in [3.8, 4) is 6.07 Å². The Hall–Kier alpha value is -3.88. The van der Waals surface area contributed by atoms with Gasteiger partial charge in [0.1, 0.15) is 29.5 Å². The largest absolute Gasteiger partial charge is 0.381 e. The normalized spacial score (nSPS) is 22.2. The zero-order chi connectivity index (χ0) is 27.5. The lowest BCUT2D eigenvalue weighted by atomic mass is 9.77. The number of nitrogens with one attached hydrogen (secondary N) is 1. The summed E-state index contributed by atoms with van der Waals surface area (Å²) in [6.45, 7) is 1.25. The lowest BCUT2D eigenvalue weighted by Gasteiger charge is -2.35. The predicted molar refractivity (Wildman–Crippen MR) is 141 cm³/mol. The van der Waals surface area contributed by atoms with Gasteiger partial charge in [0, 0.05) is 52.0 Å². The molecule has 0 aromatic carbocycles. The smallest absolute Gasteiger partial charge is 0.328 e. The van der Waals surface area contributed by atoms with Crippen LogP contribution in [0.1, 0.15) is 58.4 Å². The number of aromatic nitrogens is 2. The van der Waals surface area contributed by atoms with Crippen molar-refractivity contribution in [2.24, 2.45) is 5.92 Å². The van der Waals surface area contributed by atoms with Crippen LogP contribution in [-0.2, 0) is 33.7 Å². The first-order valence-corrected chi connectivity index (χ1v) is 13.3. The number of fused-ring (bicyclic) bond motifs is 1. The van der Waals surface area contributed by atoms with E-state index in [-0.39, 0.29) is 24.2 Å². The van der Waals surface area contributed by atoms with Crippen molar-refractivity contribution in [1.82, 2.24) is 14.9 Å². The first kappa shape index (κ1) is 26.7. The Labute approximate surface area is 227 Å². The maximum Gasteiger partial charge on any atom is 0.328 e. The Morgan fingerprint density at radius 3 is 2.72 bits per heavy atom. The number of amides is 3. The molecular formula is C28H32N6O5. The van der Waals surface area contributed by atoms with Crippen molar-refractivity contribution in [2.75, 3.05) is 37.5 Å². The zero-order valence-electron chi connectivity index (χ0n) is 22.2. The number of carbonyl (C=O) groups excluding carboxylic acids is 3. The molecule has 3 atom stereocenters. The van der Waals surface area contributed by atoms with E-state index in [1.165, 1.54) is 18.2 Å². The van der Waals surface area contributed by atoms with E-state index in [2.05, 4.69) is 21.4 Å². The molecule has 11 nitrogen and oxygen atoms in total. The summed E-state index contributed by atoms with van der Waals surface area (Å²) in [7, 11) is 3.22. The lowest BCUT2D eigenvalue weighted by Crippen LogP contribution is -2.40. The predicted octanol–water partition coefficient (Wildman–Crippen LogP) is 2.86. The maximum atomic E-state index is 13.4. The van der Waals surface area contributed by atoms with Gasteiger partial charge in [-0.15, -0.1) is 0 Å². The first-order chi connectivity index (χ1) is 18.9. The van der Waals surface area contributed by atoms with E-state index in [0.29, 0.717) is 67.3 Å². The van der Waals surface area contributed by atoms with Gasteiger partial charge in [0.05, 0.1) is 11.7 Å².